The summed E-state index contributed by atoms with van der Waals surface area (Å²) in [6.45, 7) is 9.93. The minimum Gasteiger partial charge on any atom is -0.256 e. The van der Waals surface area contributed by atoms with Crippen molar-refractivity contribution in [2.75, 3.05) is 0 Å². The Kier molecular flexibility index (Phi) is 2.08. The molecule has 0 aliphatic heterocycles. The average molecular weight is 147 g/mol. The van der Waals surface area contributed by atoms with Gasteiger partial charge >= 0.3 is 0 Å². The number of hydrogen-bond donors (Lipinski definition) is 0. The molecule has 0 N–H and O–H groups in total. The van der Waals surface area contributed by atoms with Gasteiger partial charge in [-0.3, -0.25) is 4.98 Å². The summed E-state index contributed by atoms with van der Waals surface area (Å²) in [7, 11) is 0. The molecule has 0 bridgehead atoms. The Hall–Kier alpha value is -1.11. The maximum absolute atomic E-state index is 4.28. The number of aryl methyl sites for hydroxylation is 2. The lowest BCUT2D eigenvalue weighted by Gasteiger charge is -2.03. The van der Waals surface area contributed by atoms with Gasteiger partial charge in [0.25, 0.3) is 0 Å². The van der Waals surface area contributed by atoms with Gasteiger partial charge in [0, 0.05) is 6.20 Å². The fourth-order valence-electron chi connectivity index (χ4n) is 1.16. The average Bonchev–Trinajstić information content (AvgIpc) is 1.85. The van der Waals surface area contributed by atoms with E-state index in [1.165, 1.54) is 11.1 Å². The first-order valence-corrected chi connectivity index (χ1v) is 3.70. The largest absolute Gasteiger partial charge is 0.256 e. The van der Waals surface area contributed by atoms with Crippen molar-refractivity contribution in [2.45, 2.75) is 20.8 Å². The van der Waals surface area contributed by atoms with Crippen molar-refractivity contribution in [3.63, 3.8) is 0 Å². The molecule has 0 saturated carbocycles. The molecule has 1 aromatic rings. The van der Waals surface area contributed by atoms with Crippen molar-refractivity contribution in [2.24, 2.45) is 0 Å². The van der Waals surface area contributed by atoms with Crippen LogP contribution in [0.5, 0.6) is 0 Å². The van der Waals surface area contributed by atoms with Crippen LogP contribution >= 0.6 is 0 Å². The third-order valence-corrected chi connectivity index (χ3v) is 1.62. The monoisotopic (exact) mass is 147 g/mol. The third kappa shape index (κ3) is 1.67. The van der Waals surface area contributed by atoms with Crippen LogP contribution in [-0.2, 0) is 0 Å². The number of rotatable bonds is 1. The summed E-state index contributed by atoms with van der Waals surface area (Å²) in [6.07, 6.45) is 1.87. The highest BCUT2D eigenvalue weighted by atomic mass is 14.7. The van der Waals surface area contributed by atoms with Crippen LogP contribution in [0.2, 0.25) is 0 Å². The van der Waals surface area contributed by atoms with Gasteiger partial charge in [-0.25, -0.2) is 0 Å². The minimum atomic E-state index is 1.02. The summed E-state index contributed by atoms with van der Waals surface area (Å²) in [5, 5.41) is 0. The van der Waals surface area contributed by atoms with Crippen molar-refractivity contribution in [3.05, 3.63) is 35.7 Å². The Balaban J connectivity index is 3.20. The minimum absolute atomic E-state index is 1.02. The SMILES string of the molecule is C=C(C)c1ncc(C)cc1C. The van der Waals surface area contributed by atoms with Crippen LogP contribution in [0, 0.1) is 13.8 Å². The predicted molar refractivity (Wildman–Crippen MR) is 48.4 cm³/mol. The van der Waals surface area contributed by atoms with Crippen molar-refractivity contribution < 1.29 is 0 Å². The molecule has 0 amide bonds. The highest BCUT2D eigenvalue weighted by Gasteiger charge is 1.98. The second-order valence-corrected chi connectivity index (χ2v) is 2.96. The number of aromatic nitrogens is 1. The first-order valence-electron chi connectivity index (χ1n) is 3.70. The van der Waals surface area contributed by atoms with E-state index in [0.717, 1.165) is 11.3 Å². The number of hydrogen-bond acceptors (Lipinski definition) is 1. The van der Waals surface area contributed by atoms with Crippen LogP contribution in [0.25, 0.3) is 5.57 Å². The Labute approximate surface area is 67.8 Å². The second-order valence-electron chi connectivity index (χ2n) is 2.96. The van der Waals surface area contributed by atoms with Crippen molar-refractivity contribution in [1.29, 1.82) is 0 Å². The predicted octanol–water partition coefficient (Wildman–Crippen LogP) is 2.73. The van der Waals surface area contributed by atoms with E-state index in [4.69, 9.17) is 0 Å². The van der Waals surface area contributed by atoms with Gasteiger partial charge in [-0.1, -0.05) is 12.6 Å². The molecular formula is C10H13N. The van der Waals surface area contributed by atoms with E-state index in [-0.39, 0.29) is 0 Å². The fraction of sp³-hybridized carbons (Fsp3) is 0.300. The first-order chi connectivity index (χ1) is 5.11. The van der Waals surface area contributed by atoms with Crippen LogP contribution in [0.3, 0.4) is 0 Å². The zero-order valence-electron chi connectivity index (χ0n) is 7.31. The summed E-state index contributed by atoms with van der Waals surface area (Å²) in [5.41, 5.74) is 4.46. The molecule has 0 aromatic carbocycles. The summed E-state index contributed by atoms with van der Waals surface area (Å²) >= 11 is 0. The molecule has 0 atom stereocenters. The van der Waals surface area contributed by atoms with Crippen molar-refractivity contribution in [1.82, 2.24) is 4.98 Å². The van der Waals surface area contributed by atoms with Gasteiger partial charge < -0.3 is 0 Å². The van der Waals surface area contributed by atoms with Gasteiger partial charge in [0.05, 0.1) is 5.69 Å². The van der Waals surface area contributed by atoms with Crippen LogP contribution in [-0.4, -0.2) is 4.98 Å². The maximum atomic E-state index is 4.28. The van der Waals surface area contributed by atoms with Crippen LogP contribution in [0.1, 0.15) is 23.7 Å². The lowest BCUT2D eigenvalue weighted by molar-refractivity contribution is 1.18. The molecule has 0 spiro atoms. The highest BCUT2D eigenvalue weighted by Crippen LogP contribution is 2.13. The Morgan fingerprint density at radius 1 is 1.45 bits per heavy atom. The summed E-state index contributed by atoms with van der Waals surface area (Å²) < 4.78 is 0. The van der Waals surface area contributed by atoms with Gasteiger partial charge in [0.15, 0.2) is 0 Å². The summed E-state index contributed by atoms with van der Waals surface area (Å²) in [5.74, 6) is 0. The van der Waals surface area contributed by atoms with E-state index in [2.05, 4.69) is 24.6 Å². The highest BCUT2D eigenvalue weighted by molar-refractivity contribution is 5.60. The Morgan fingerprint density at radius 2 is 2.09 bits per heavy atom. The first kappa shape index (κ1) is 7.99. The van der Waals surface area contributed by atoms with Crippen LogP contribution < -0.4 is 0 Å². The smallest absolute Gasteiger partial charge is 0.0682 e. The zero-order valence-corrected chi connectivity index (χ0v) is 7.31. The molecule has 0 fully saturated rings. The molecule has 58 valence electrons. The molecule has 1 rings (SSSR count). The summed E-state index contributed by atoms with van der Waals surface area (Å²) in [4.78, 5) is 4.28. The Morgan fingerprint density at radius 3 is 2.55 bits per heavy atom. The summed E-state index contributed by atoms with van der Waals surface area (Å²) in [6, 6.07) is 2.12. The maximum Gasteiger partial charge on any atom is 0.0682 e. The van der Waals surface area contributed by atoms with E-state index in [0.29, 0.717) is 0 Å². The molecule has 0 radical (unpaired) electrons. The molecule has 0 aliphatic carbocycles. The van der Waals surface area contributed by atoms with Gasteiger partial charge in [-0.05, 0) is 37.5 Å². The molecule has 1 heteroatoms. The van der Waals surface area contributed by atoms with Gasteiger partial charge in [0.1, 0.15) is 0 Å². The third-order valence-electron chi connectivity index (χ3n) is 1.62. The number of allylic oxidation sites excluding steroid dienone is 1. The molecule has 1 aromatic heterocycles. The van der Waals surface area contributed by atoms with Crippen molar-refractivity contribution in [3.8, 4) is 0 Å². The Bertz CT molecular complexity index is 287. The van der Waals surface area contributed by atoms with Gasteiger partial charge in [-0.15, -0.1) is 0 Å². The van der Waals surface area contributed by atoms with Crippen LogP contribution in [0.15, 0.2) is 18.8 Å². The topological polar surface area (TPSA) is 12.9 Å². The molecular weight excluding hydrogens is 134 g/mol. The normalized spacial score (nSPS) is 9.73. The molecule has 0 aliphatic rings. The fourth-order valence-corrected chi connectivity index (χ4v) is 1.16. The van der Waals surface area contributed by atoms with E-state index in [9.17, 15) is 0 Å². The van der Waals surface area contributed by atoms with Crippen molar-refractivity contribution >= 4 is 5.57 Å². The van der Waals surface area contributed by atoms with E-state index in [1.807, 2.05) is 20.0 Å². The van der Waals surface area contributed by atoms with Crippen LogP contribution in [0.4, 0.5) is 0 Å². The zero-order chi connectivity index (χ0) is 8.43. The molecule has 1 nitrogen and oxygen atoms in total. The van der Waals surface area contributed by atoms with Gasteiger partial charge in [0.2, 0.25) is 0 Å². The molecule has 11 heavy (non-hydrogen) atoms. The quantitative estimate of drug-likeness (QED) is 0.595. The molecule has 0 saturated heterocycles. The standard InChI is InChI=1S/C10H13N/c1-7(2)10-9(4)5-8(3)6-11-10/h5-6H,1H2,2-4H3. The van der Waals surface area contributed by atoms with E-state index in [1.54, 1.807) is 0 Å². The number of pyridine rings is 1. The lowest BCUT2D eigenvalue weighted by Crippen LogP contribution is -1.90. The van der Waals surface area contributed by atoms with E-state index >= 15 is 0 Å². The van der Waals surface area contributed by atoms with E-state index < -0.39 is 0 Å². The van der Waals surface area contributed by atoms with Gasteiger partial charge in [-0.2, -0.15) is 0 Å². The molecule has 0 unspecified atom stereocenters. The molecule has 1 heterocycles. The lowest BCUT2D eigenvalue weighted by atomic mass is 10.1. The number of nitrogens with zero attached hydrogens (tertiary/aromatic N) is 1. The second kappa shape index (κ2) is 2.87.